The van der Waals surface area contributed by atoms with E-state index in [0.29, 0.717) is 25.7 Å². The summed E-state index contributed by atoms with van der Waals surface area (Å²) < 4.78 is 13.3. The maximum absolute atomic E-state index is 13.1. The Morgan fingerprint density at radius 2 is 2.08 bits per heavy atom. The van der Waals surface area contributed by atoms with E-state index in [2.05, 4.69) is 9.78 Å². The second kappa shape index (κ2) is 7.46. The van der Waals surface area contributed by atoms with Crippen LogP contribution < -0.4 is 0 Å². The summed E-state index contributed by atoms with van der Waals surface area (Å²) in [6.45, 7) is 7.70. The standard InChI is InChI=1S/C19H31N3O3/c1-14-17(10-20-22(14)15-8-6-5-7-9-15)18(23)21-11-16(12-24-4)25-19(2,3)13-21/h10,15-16H,5-9,11-13H2,1-4H3/t16-/m0/s1. The van der Waals surface area contributed by atoms with Gasteiger partial charge in [-0.1, -0.05) is 19.3 Å². The van der Waals surface area contributed by atoms with Gasteiger partial charge < -0.3 is 14.4 Å². The number of nitrogens with zero attached hydrogens (tertiary/aromatic N) is 3. The van der Waals surface area contributed by atoms with Crippen LogP contribution in [0.1, 0.15) is 68.0 Å². The van der Waals surface area contributed by atoms with Crippen LogP contribution in [0.15, 0.2) is 6.20 Å². The number of rotatable bonds is 4. The molecule has 1 aromatic rings. The minimum Gasteiger partial charge on any atom is -0.382 e. The molecular weight excluding hydrogens is 318 g/mol. The number of methoxy groups -OCH3 is 1. The summed E-state index contributed by atoms with van der Waals surface area (Å²) in [4.78, 5) is 15.0. The zero-order valence-corrected chi connectivity index (χ0v) is 16.0. The Hall–Kier alpha value is -1.40. The van der Waals surface area contributed by atoms with E-state index >= 15 is 0 Å². The lowest BCUT2D eigenvalue weighted by Crippen LogP contribution is -2.55. The molecule has 1 saturated heterocycles. The van der Waals surface area contributed by atoms with Gasteiger partial charge in [-0.15, -0.1) is 0 Å². The van der Waals surface area contributed by atoms with Crippen molar-refractivity contribution in [2.24, 2.45) is 0 Å². The Morgan fingerprint density at radius 3 is 2.76 bits per heavy atom. The quantitative estimate of drug-likeness (QED) is 0.838. The van der Waals surface area contributed by atoms with Crippen LogP contribution in [0.3, 0.4) is 0 Å². The van der Waals surface area contributed by atoms with E-state index in [9.17, 15) is 4.79 Å². The van der Waals surface area contributed by atoms with E-state index in [0.717, 1.165) is 24.1 Å². The summed E-state index contributed by atoms with van der Waals surface area (Å²) >= 11 is 0. The minimum atomic E-state index is -0.371. The van der Waals surface area contributed by atoms with Crippen molar-refractivity contribution in [1.29, 1.82) is 0 Å². The van der Waals surface area contributed by atoms with Crippen molar-refractivity contribution >= 4 is 5.91 Å². The van der Waals surface area contributed by atoms with E-state index < -0.39 is 0 Å². The van der Waals surface area contributed by atoms with E-state index in [1.165, 1.54) is 19.3 Å². The number of amides is 1. The molecule has 1 saturated carbocycles. The van der Waals surface area contributed by atoms with Crippen LogP contribution in [0.2, 0.25) is 0 Å². The summed E-state index contributed by atoms with van der Waals surface area (Å²) in [6, 6.07) is 0.442. The smallest absolute Gasteiger partial charge is 0.257 e. The first-order valence-corrected chi connectivity index (χ1v) is 9.41. The highest BCUT2D eigenvalue weighted by molar-refractivity contribution is 5.95. The summed E-state index contributed by atoms with van der Waals surface area (Å²) in [6.07, 6.45) is 7.80. The number of aromatic nitrogens is 2. The molecule has 3 rings (SSSR count). The third-order valence-electron chi connectivity index (χ3n) is 5.32. The maximum atomic E-state index is 13.1. The second-order valence-corrected chi connectivity index (χ2v) is 8.02. The summed E-state index contributed by atoms with van der Waals surface area (Å²) in [5.74, 6) is 0.0528. The maximum Gasteiger partial charge on any atom is 0.257 e. The molecule has 0 N–H and O–H groups in total. The summed E-state index contributed by atoms with van der Waals surface area (Å²) in [7, 11) is 1.66. The zero-order valence-electron chi connectivity index (χ0n) is 16.0. The molecule has 2 heterocycles. The zero-order chi connectivity index (χ0) is 18.0. The van der Waals surface area contributed by atoms with Crippen LogP contribution in [0.4, 0.5) is 0 Å². The molecule has 1 aliphatic carbocycles. The first-order chi connectivity index (χ1) is 11.9. The average molecular weight is 349 g/mol. The Balaban J connectivity index is 1.77. The van der Waals surface area contributed by atoms with Crippen molar-refractivity contribution < 1.29 is 14.3 Å². The molecule has 1 aliphatic heterocycles. The van der Waals surface area contributed by atoms with Crippen molar-refractivity contribution in [3.05, 3.63) is 17.5 Å². The second-order valence-electron chi connectivity index (χ2n) is 8.02. The molecular formula is C19H31N3O3. The van der Waals surface area contributed by atoms with Gasteiger partial charge >= 0.3 is 0 Å². The van der Waals surface area contributed by atoms with Gasteiger partial charge in [-0.3, -0.25) is 9.48 Å². The van der Waals surface area contributed by atoms with Crippen molar-refractivity contribution in [2.45, 2.75) is 70.6 Å². The van der Waals surface area contributed by atoms with Crippen LogP contribution in [0, 0.1) is 6.92 Å². The fourth-order valence-corrected chi connectivity index (χ4v) is 4.22. The fraction of sp³-hybridized carbons (Fsp3) is 0.789. The third-order valence-corrected chi connectivity index (χ3v) is 5.32. The molecule has 0 aromatic carbocycles. The van der Waals surface area contributed by atoms with Crippen LogP contribution in [-0.2, 0) is 9.47 Å². The Kier molecular flexibility index (Phi) is 5.49. The molecule has 1 atom stereocenters. The first kappa shape index (κ1) is 18.4. The van der Waals surface area contributed by atoms with Crippen LogP contribution >= 0.6 is 0 Å². The largest absolute Gasteiger partial charge is 0.382 e. The van der Waals surface area contributed by atoms with Crippen molar-refractivity contribution in [1.82, 2.24) is 14.7 Å². The Labute approximate surface area is 150 Å². The molecule has 25 heavy (non-hydrogen) atoms. The Bertz CT molecular complexity index is 605. The third kappa shape index (κ3) is 4.06. The number of carbonyl (C=O) groups is 1. The molecule has 0 bridgehead atoms. The normalized spacial score (nSPS) is 24.5. The van der Waals surface area contributed by atoms with Gasteiger partial charge in [0.05, 0.1) is 36.1 Å². The van der Waals surface area contributed by atoms with Gasteiger partial charge in [-0.05, 0) is 33.6 Å². The van der Waals surface area contributed by atoms with Gasteiger partial charge in [0, 0.05) is 25.9 Å². The van der Waals surface area contributed by atoms with Gasteiger partial charge in [0.15, 0.2) is 0 Å². The molecule has 2 aliphatic rings. The lowest BCUT2D eigenvalue weighted by atomic mass is 9.95. The van der Waals surface area contributed by atoms with E-state index in [-0.39, 0.29) is 17.6 Å². The van der Waals surface area contributed by atoms with Gasteiger partial charge in [0.2, 0.25) is 0 Å². The SMILES string of the molecule is COC[C@@H]1CN(C(=O)c2cnn(C3CCCCC3)c2C)CC(C)(C)O1. The van der Waals surface area contributed by atoms with Crippen molar-refractivity contribution in [2.75, 3.05) is 26.8 Å². The first-order valence-electron chi connectivity index (χ1n) is 9.41. The van der Waals surface area contributed by atoms with Crippen molar-refractivity contribution in [3.63, 3.8) is 0 Å². The van der Waals surface area contributed by atoms with Crippen LogP contribution in [-0.4, -0.2) is 59.1 Å². The Morgan fingerprint density at radius 1 is 1.36 bits per heavy atom. The number of hydrogen-bond acceptors (Lipinski definition) is 4. The van der Waals surface area contributed by atoms with Gasteiger partial charge in [-0.2, -0.15) is 5.10 Å². The molecule has 2 fully saturated rings. The lowest BCUT2D eigenvalue weighted by molar-refractivity contribution is -0.143. The minimum absolute atomic E-state index is 0.0528. The van der Waals surface area contributed by atoms with E-state index in [1.54, 1.807) is 13.3 Å². The number of hydrogen-bond donors (Lipinski definition) is 0. The number of morpholine rings is 1. The van der Waals surface area contributed by atoms with Gasteiger partial charge in [0.1, 0.15) is 0 Å². The lowest BCUT2D eigenvalue weighted by Gasteiger charge is -2.42. The highest BCUT2D eigenvalue weighted by atomic mass is 16.5. The number of ether oxygens (including phenoxy) is 2. The molecule has 1 amide bonds. The van der Waals surface area contributed by atoms with Crippen molar-refractivity contribution in [3.8, 4) is 0 Å². The summed E-state index contributed by atoms with van der Waals surface area (Å²) in [5, 5.41) is 4.56. The predicted octanol–water partition coefficient (Wildman–Crippen LogP) is 2.96. The van der Waals surface area contributed by atoms with Gasteiger partial charge in [0.25, 0.3) is 5.91 Å². The van der Waals surface area contributed by atoms with Crippen LogP contribution in [0.5, 0.6) is 0 Å². The van der Waals surface area contributed by atoms with E-state index in [4.69, 9.17) is 9.47 Å². The molecule has 140 valence electrons. The molecule has 6 heteroatoms. The molecule has 0 spiro atoms. The molecule has 0 radical (unpaired) electrons. The summed E-state index contributed by atoms with van der Waals surface area (Å²) in [5.41, 5.74) is 1.34. The average Bonchev–Trinajstić information content (AvgIpc) is 2.95. The highest BCUT2D eigenvalue weighted by Gasteiger charge is 2.37. The molecule has 6 nitrogen and oxygen atoms in total. The molecule has 1 aromatic heterocycles. The van der Waals surface area contributed by atoms with Gasteiger partial charge in [-0.25, -0.2) is 0 Å². The topological polar surface area (TPSA) is 56.6 Å². The molecule has 0 unspecified atom stereocenters. The van der Waals surface area contributed by atoms with E-state index in [1.807, 2.05) is 25.7 Å². The highest BCUT2D eigenvalue weighted by Crippen LogP contribution is 2.30. The number of carbonyl (C=O) groups excluding carboxylic acids is 1. The monoisotopic (exact) mass is 349 g/mol. The predicted molar refractivity (Wildman–Crippen MR) is 95.8 cm³/mol. The fourth-order valence-electron chi connectivity index (χ4n) is 4.22. The van der Waals surface area contributed by atoms with Crippen LogP contribution in [0.25, 0.3) is 0 Å².